The highest BCUT2D eigenvalue weighted by molar-refractivity contribution is 7.92. The number of carbonyl (C=O) groups is 2. The number of amides is 2. The van der Waals surface area contributed by atoms with Gasteiger partial charge in [-0.1, -0.05) is 96.3 Å². The van der Waals surface area contributed by atoms with Gasteiger partial charge in [0.25, 0.3) is 10.0 Å². The van der Waals surface area contributed by atoms with Crippen molar-refractivity contribution in [2.75, 3.05) is 18.0 Å². The van der Waals surface area contributed by atoms with Crippen LogP contribution in [0.1, 0.15) is 31.4 Å². The van der Waals surface area contributed by atoms with Crippen molar-refractivity contribution < 1.29 is 22.7 Å². The van der Waals surface area contributed by atoms with E-state index in [2.05, 4.69) is 5.32 Å². The molecule has 12 heteroatoms. The quantitative estimate of drug-likeness (QED) is 0.147. The van der Waals surface area contributed by atoms with Crippen molar-refractivity contribution in [3.63, 3.8) is 0 Å². The lowest BCUT2D eigenvalue weighted by atomic mass is 10.0. The highest BCUT2D eigenvalue weighted by atomic mass is 35.5. The van der Waals surface area contributed by atoms with E-state index < -0.39 is 28.5 Å². The van der Waals surface area contributed by atoms with Crippen LogP contribution in [0.2, 0.25) is 15.1 Å². The first-order valence-electron chi connectivity index (χ1n) is 14.9. The van der Waals surface area contributed by atoms with Crippen LogP contribution in [0.4, 0.5) is 5.69 Å². The summed E-state index contributed by atoms with van der Waals surface area (Å²) in [6.07, 6.45) is 0.849. The fourth-order valence-corrected chi connectivity index (χ4v) is 6.89. The van der Waals surface area contributed by atoms with Crippen LogP contribution >= 0.6 is 34.8 Å². The summed E-state index contributed by atoms with van der Waals surface area (Å²) in [5.41, 5.74) is 1.57. The van der Waals surface area contributed by atoms with Crippen molar-refractivity contribution >= 4 is 62.3 Å². The minimum Gasteiger partial charge on any atom is -0.495 e. The molecule has 1 N–H and O–H groups in total. The van der Waals surface area contributed by atoms with E-state index in [0.717, 1.165) is 9.87 Å². The number of halogens is 3. The maximum absolute atomic E-state index is 14.6. The first-order valence-corrected chi connectivity index (χ1v) is 17.5. The fraction of sp³-hybridized carbons (Fsp3) is 0.257. The number of anilines is 1. The fourth-order valence-electron chi connectivity index (χ4n) is 4.89. The van der Waals surface area contributed by atoms with Crippen LogP contribution in [-0.2, 0) is 32.6 Å². The summed E-state index contributed by atoms with van der Waals surface area (Å²) in [6.45, 7) is 3.14. The number of rotatable bonds is 14. The van der Waals surface area contributed by atoms with Gasteiger partial charge in [0, 0.05) is 19.0 Å². The molecule has 0 aliphatic rings. The summed E-state index contributed by atoms with van der Waals surface area (Å²) in [6, 6.07) is 25.3. The minimum absolute atomic E-state index is 0.0221. The lowest BCUT2D eigenvalue weighted by Crippen LogP contribution is -2.54. The number of sulfonamides is 1. The lowest BCUT2D eigenvalue weighted by molar-refractivity contribution is -0.140. The molecule has 0 saturated carbocycles. The Hall–Kier alpha value is -3.76. The molecule has 2 amide bonds. The minimum atomic E-state index is -4.28. The third kappa shape index (κ3) is 9.20. The Labute approximate surface area is 291 Å². The Morgan fingerprint density at radius 1 is 0.830 bits per heavy atom. The van der Waals surface area contributed by atoms with Crippen LogP contribution in [0.3, 0.4) is 0 Å². The van der Waals surface area contributed by atoms with Gasteiger partial charge >= 0.3 is 0 Å². The third-order valence-corrected chi connectivity index (χ3v) is 10.5. The van der Waals surface area contributed by atoms with E-state index in [1.54, 1.807) is 36.4 Å². The van der Waals surface area contributed by atoms with E-state index in [9.17, 15) is 18.0 Å². The van der Waals surface area contributed by atoms with Gasteiger partial charge in [0.15, 0.2) is 0 Å². The highest BCUT2D eigenvalue weighted by Gasteiger charge is 2.35. The van der Waals surface area contributed by atoms with Crippen molar-refractivity contribution in [2.24, 2.45) is 0 Å². The molecule has 4 aromatic carbocycles. The molecule has 0 fully saturated rings. The van der Waals surface area contributed by atoms with Crippen LogP contribution in [0.25, 0.3) is 0 Å². The summed E-state index contributed by atoms with van der Waals surface area (Å²) in [5.74, 6) is -0.658. The van der Waals surface area contributed by atoms with Gasteiger partial charge in [-0.25, -0.2) is 8.42 Å². The average Bonchev–Trinajstić information content (AvgIpc) is 3.07. The molecule has 8 nitrogen and oxygen atoms in total. The SMILES string of the molecule is CCC(C)NC(=O)C(Cc1ccccc1)N(Cc1ccc(Cl)c(Cl)c1)C(=O)CN(c1ccc(OC)c(Cl)c1)S(=O)(=O)c1ccccc1. The number of methoxy groups -OCH3 is 1. The van der Waals surface area contributed by atoms with E-state index in [1.807, 2.05) is 44.2 Å². The van der Waals surface area contributed by atoms with E-state index in [4.69, 9.17) is 39.5 Å². The number of ether oxygens (including phenoxy) is 1. The van der Waals surface area contributed by atoms with Crippen molar-refractivity contribution in [3.8, 4) is 5.75 Å². The Kier molecular flexibility index (Phi) is 12.6. The Bertz CT molecular complexity index is 1790. The number of hydrogen-bond acceptors (Lipinski definition) is 5. The van der Waals surface area contributed by atoms with Crippen molar-refractivity contribution in [2.45, 2.75) is 50.2 Å². The molecule has 0 bridgehead atoms. The van der Waals surface area contributed by atoms with Crippen LogP contribution < -0.4 is 14.4 Å². The Morgan fingerprint density at radius 3 is 2.09 bits per heavy atom. The zero-order chi connectivity index (χ0) is 34.1. The van der Waals surface area contributed by atoms with Crippen molar-refractivity contribution in [3.05, 3.63) is 123 Å². The molecule has 248 valence electrons. The molecular formula is C35H36Cl3N3O5S. The molecule has 0 radical (unpaired) electrons. The zero-order valence-electron chi connectivity index (χ0n) is 26.2. The van der Waals surface area contributed by atoms with E-state index >= 15 is 0 Å². The van der Waals surface area contributed by atoms with Gasteiger partial charge in [0.2, 0.25) is 11.8 Å². The largest absolute Gasteiger partial charge is 0.495 e. The van der Waals surface area contributed by atoms with Gasteiger partial charge in [-0.3, -0.25) is 13.9 Å². The maximum Gasteiger partial charge on any atom is 0.264 e. The topological polar surface area (TPSA) is 96.0 Å². The smallest absolute Gasteiger partial charge is 0.264 e. The molecule has 47 heavy (non-hydrogen) atoms. The number of nitrogens with zero attached hydrogens (tertiary/aromatic N) is 2. The van der Waals surface area contributed by atoms with E-state index in [-0.39, 0.29) is 45.5 Å². The average molecular weight is 717 g/mol. The van der Waals surface area contributed by atoms with E-state index in [1.165, 1.54) is 42.3 Å². The first kappa shape index (κ1) is 36.1. The third-order valence-electron chi connectivity index (χ3n) is 7.64. The second-order valence-electron chi connectivity index (χ2n) is 10.9. The van der Waals surface area contributed by atoms with Gasteiger partial charge in [-0.2, -0.15) is 0 Å². The summed E-state index contributed by atoms with van der Waals surface area (Å²) < 4.78 is 34.6. The Balaban J connectivity index is 1.84. The summed E-state index contributed by atoms with van der Waals surface area (Å²) in [5, 5.41) is 3.78. The van der Waals surface area contributed by atoms with Crippen LogP contribution in [0.15, 0.2) is 102 Å². The molecular weight excluding hydrogens is 681 g/mol. The van der Waals surface area contributed by atoms with Gasteiger partial charge in [0.1, 0.15) is 18.3 Å². The number of benzene rings is 4. The molecule has 4 aromatic rings. The molecule has 0 saturated heterocycles. The zero-order valence-corrected chi connectivity index (χ0v) is 29.3. The summed E-state index contributed by atoms with van der Waals surface area (Å²) >= 11 is 19.0. The van der Waals surface area contributed by atoms with Crippen molar-refractivity contribution in [1.29, 1.82) is 0 Å². The molecule has 0 aliphatic heterocycles. The molecule has 4 rings (SSSR count). The van der Waals surface area contributed by atoms with Crippen LogP contribution in [0.5, 0.6) is 5.75 Å². The van der Waals surface area contributed by atoms with Crippen molar-refractivity contribution in [1.82, 2.24) is 10.2 Å². The second kappa shape index (κ2) is 16.4. The molecule has 0 aromatic heterocycles. The highest BCUT2D eigenvalue weighted by Crippen LogP contribution is 2.32. The maximum atomic E-state index is 14.6. The molecule has 2 atom stereocenters. The Morgan fingerprint density at radius 2 is 1.49 bits per heavy atom. The second-order valence-corrected chi connectivity index (χ2v) is 14.0. The molecule has 2 unspecified atom stereocenters. The number of nitrogens with one attached hydrogen (secondary N) is 1. The van der Waals surface area contributed by atoms with Crippen LogP contribution in [0, 0.1) is 0 Å². The summed E-state index contributed by atoms with van der Waals surface area (Å²) in [7, 11) is -2.84. The van der Waals surface area contributed by atoms with Crippen LogP contribution in [-0.4, -0.2) is 50.9 Å². The molecule has 0 heterocycles. The van der Waals surface area contributed by atoms with E-state index in [0.29, 0.717) is 22.8 Å². The van der Waals surface area contributed by atoms with Gasteiger partial charge in [-0.15, -0.1) is 0 Å². The standard InChI is InChI=1S/C35H36Cl3N3O5S/c1-4-24(2)39-35(43)32(20-25-11-7-5-8-12-25)40(22-26-15-17-29(36)30(37)19-26)34(42)23-41(27-16-18-33(46-3)31(38)21-27)47(44,45)28-13-9-6-10-14-28/h5-19,21,24,32H,4,20,22-23H2,1-3H3,(H,39,43). The molecule has 0 spiro atoms. The first-order chi connectivity index (χ1) is 22.4. The van der Waals surface area contributed by atoms with Gasteiger partial charge in [0.05, 0.1) is 32.8 Å². The molecule has 0 aliphatic carbocycles. The lowest BCUT2D eigenvalue weighted by Gasteiger charge is -2.34. The predicted octanol–water partition coefficient (Wildman–Crippen LogP) is 7.41. The number of hydrogen-bond donors (Lipinski definition) is 1. The number of carbonyl (C=O) groups excluding carboxylic acids is 2. The summed E-state index contributed by atoms with van der Waals surface area (Å²) in [4.78, 5) is 29.9. The van der Waals surface area contributed by atoms with Gasteiger partial charge < -0.3 is 15.0 Å². The predicted molar refractivity (Wildman–Crippen MR) is 188 cm³/mol. The monoisotopic (exact) mass is 715 g/mol. The normalized spacial score (nSPS) is 12.6. The van der Waals surface area contributed by atoms with Gasteiger partial charge in [-0.05, 0) is 66.9 Å².